The van der Waals surface area contributed by atoms with Crippen LogP contribution in [-0.4, -0.2) is 13.7 Å². The topological polar surface area (TPSA) is 14.8 Å². The molecular formula is C135H89N3. The summed E-state index contributed by atoms with van der Waals surface area (Å²) in [6.45, 7) is 14.3. The summed E-state index contributed by atoms with van der Waals surface area (Å²) in [6.07, 6.45) is 0. The maximum Gasteiger partial charge on any atom is 0.0547 e. The second-order valence-corrected chi connectivity index (χ2v) is 40.7. The van der Waals surface area contributed by atoms with Gasteiger partial charge in [0.25, 0.3) is 0 Å². The zero-order valence-electron chi connectivity index (χ0n) is 77.3. The lowest BCUT2D eigenvalue weighted by atomic mass is 9.82. The lowest BCUT2D eigenvalue weighted by Crippen LogP contribution is -2.14. The molecule has 0 saturated carbocycles. The summed E-state index contributed by atoms with van der Waals surface area (Å²) >= 11 is 0. The molecular weight excluding hydrogens is 1660 g/mol. The fourth-order valence-corrected chi connectivity index (χ4v) is 26.5. The third-order valence-corrected chi connectivity index (χ3v) is 32.8. The van der Waals surface area contributed by atoms with Crippen LogP contribution in [0, 0.1) is 0 Å². The van der Waals surface area contributed by atoms with Gasteiger partial charge < -0.3 is 13.7 Å². The van der Waals surface area contributed by atoms with Crippen LogP contribution in [0.15, 0.2) is 431 Å². The first-order valence-corrected chi connectivity index (χ1v) is 48.8. The zero-order chi connectivity index (χ0) is 91.2. The molecule has 6 aliphatic carbocycles. The number of aromatic nitrogens is 3. The fraction of sp³-hybridized carbons (Fsp3) is 0.0667. The third kappa shape index (κ3) is 10.5. The molecule has 138 heavy (non-hydrogen) atoms. The van der Waals surface area contributed by atoms with Crippen molar-refractivity contribution in [2.45, 2.75) is 57.8 Å². The largest absolute Gasteiger partial charge is 0.309 e. The molecule has 0 spiro atoms. The van der Waals surface area contributed by atoms with Crippen LogP contribution in [0.3, 0.4) is 0 Å². The Morgan fingerprint density at radius 3 is 0.855 bits per heavy atom. The van der Waals surface area contributed by atoms with Gasteiger partial charge in [0.15, 0.2) is 0 Å². The highest BCUT2D eigenvalue weighted by molar-refractivity contribution is 6.28. The number of hydrogen-bond donors (Lipinski definition) is 0. The van der Waals surface area contributed by atoms with E-state index in [0.29, 0.717) is 0 Å². The van der Waals surface area contributed by atoms with E-state index >= 15 is 0 Å². The summed E-state index contributed by atoms with van der Waals surface area (Å²) in [5.41, 5.74) is 48.6. The molecule has 0 amide bonds. The summed E-state index contributed by atoms with van der Waals surface area (Å²) in [5, 5.41) is 23.7. The molecule has 0 N–H and O–H groups in total. The van der Waals surface area contributed by atoms with E-state index in [9.17, 15) is 0 Å². The number of nitrogens with zero attached hydrogens (tertiary/aromatic N) is 3. The molecule has 0 fully saturated rings. The van der Waals surface area contributed by atoms with Crippen molar-refractivity contribution in [3.8, 4) is 139 Å². The number of benzene rings is 23. The van der Waals surface area contributed by atoms with Gasteiger partial charge in [-0.25, -0.2) is 0 Å². The summed E-state index contributed by atoms with van der Waals surface area (Å²) in [6, 6.07) is 161. The highest BCUT2D eigenvalue weighted by Gasteiger charge is 2.41. The van der Waals surface area contributed by atoms with Gasteiger partial charge >= 0.3 is 0 Å². The highest BCUT2D eigenvalue weighted by Crippen LogP contribution is 2.59. The molecule has 26 aromatic rings. The Balaban J connectivity index is 0.0000000981. The second-order valence-electron chi connectivity index (χ2n) is 40.7. The van der Waals surface area contributed by atoms with Gasteiger partial charge in [0.05, 0.1) is 38.8 Å². The number of rotatable bonds is 5. The van der Waals surface area contributed by atoms with Crippen molar-refractivity contribution in [3.05, 3.63) is 464 Å². The van der Waals surface area contributed by atoms with Gasteiger partial charge in [0, 0.05) is 65.3 Å². The zero-order valence-corrected chi connectivity index (χ0v) is 77.3. The normalized spacial score (nSPS) is 13.9. The van der Waals surface area contributed by atoms with E-state index in [0.717, 1.165) is 0 Å². The Morgan fingerprint density at radius 2 is 0.442 bits per heavy atom. The lowest BCUT2D eigenvalue weighted by molar-refractivity contribution is 0.661. The Morgan fingerprint density at radius 1 is 0.145 bits per heavy atom. The van der Waals surface area contributed by atoms with Crippen LogP contribution in [-0.2, 0) is 16.2 Å². The highest BCUT2D eigenvalue weighted by atomic mass is 15.0. The number of hydrogen-bond acceptors (Lipinski definition) is 0. The average Bonchev–Trinajstić information content (AvgIpc) is 1.55. The molecule has 0 unspecified atom stereocenters. The maximum absolute atomic E-state index is 2.54. The van der Waals surface area contributed by atoms with Crippen LogP contribution >= 0.6 is 0 Å². The summed E-state index contributed by atoms with van der Waals surface area (Å²) in [7, 11) is 0. The lowest BCUT2D eigenvalue weighted by Gasteiger charge is -2.21. The smallest absolute Gasteiger partial charge is 0.0547 e. The molecule has 3 nitrogen and oxygen atoms in total. The molecule has 3 heteroatoms. The molecule has 0 saturated heterocycles. The molecule has 0 aliphatic heterocycles. The Hall–Kier alpha value is -17.0. The van der Waals surface area contributed by atoms with Gasteiger partial charge in [-0.1, -0.05) is 387 Å². The minimum atomic E-state index is -0.0610. The van der Waals surface area contributed by atoms with Gasteiger partial charge in [0.1, 0.15) is 0 Å². The molecule has 32 rings (SSSR count). The van der Waals surface area contributed by atoms with Gasteiger partial charge in [0.2, 0.25) is 0 Å². The monoisotopic (exact) mass is 1750 g/mol. The van der Waals surface area contributed by atoms with Gasteiger partial charge in [-0.2, -0.15) is 0 Å². The van der Waals surface area contributed by atoms with Crippen molar-refractivity contribution < 1.29 is 0 Å². The first kappa shape index (κ1) is 77.5. The fourth-order valence-electron chi connectivity index (χ4n) is 26.5. The van der Waals surface area contributed by atoms with Gasteiger partial charge in [-0.3, -0.25) is 0 Å². The number of fused-ring (bicyclic) bond motifs is 33. The van der Waals surface area contributed by atoms with Crippen LogP contribution in [0.5, 0.6) is 0 Å². The van der Waals surface area contributed by atoms with Gasteiger partial charge in [-0.15, -0.1) is 0 Å². The van der Waals surface area contributed by atoms with Crippen LogP contribution in [0.25, 0.3) is 270 Å². The van der Waals surface area contributed by atoms with Gasteiger partial charge in [-0.05, 0) is 300 Å². The summed E-state index contributed by atoms with van der Waals surface area (Å²) in [5.74, 6) is 0. The van der Waals surface area contributed by atoms with Crippen molar-refractivity contribution >= 4 is 130 Å². The van der Waals surface area contributed by atoms with E-state index in [2.05, 4.69) is 486 Å². The molecule has 0 radical (unpaired) electrons. The van der Waals surface area contributed by atoms with Crippen LogP contribution in [0.2, 0.25) is 0 Å². The predicted octanol–water partition coefficient (Wildman–Crippen LogP) is 36.5. The second kappa shape index (κ2) is 28.1. The van der Waals surface area contributed by atoms with Crippen LogP contribution in [0.1, 0.15) is 74.9 Å². The van der Waals surface area contributed by atoms with E-state index in [1.807, 2.05) is 0 Å². The SMILES string of the molecule is CC1(C)c2ccccc2-c2cc3c(cc21)c1c2ccccc2ccc1n3-c1ccc(-c2ccc3c4c(cccc24)-c2ccccc2-3)cc1.CC1(C)c2ccccc2-c2cc3c(cc21)c1c2ccccc2ccc1n3-c1ccc2c3c(cccc13)-c1ccccc1-2.CC1(C)c2ccccc2-c2cc3c(cc21)c1c2ccccc2ccc1n3-c1cccc(-c2ccc3c4c(cccc24)-c2ccccc2-3)c1. The summed E-state index contributed by atoms with van der Waals surface area (Å²) in [4.78, 5) is 0. The van der Waals surface area contributed by atoms with Crippen LogP contribution < -0.4 is 0 Å². The minimum Gasteiger partial charge on any atom is -0.309 e. The Bertz CT molecular complexity index is 9910. The molecule has 23 aromatic carbocycles. The van der Waals surface area contributed by atoms with Crippen molar-refractivity contribution in [2.75, 3.05) is 0 Å². The molecule has 3 aromatic heterocycles. The van der Waals surface area contributed by atoms with Crippen molar-refractivity contribution in [2.24, 2.45) is 0 Å². The van der Waals surface area contributed by atoms with E-state index in [1.54, 1.807) is 0 Å². The molecule has 644 valence electrons. The first-order chi connectivity index (χ1) is 67.8. The van der Waals surface area contributed by atoms with Crippen molar-refractivity contribution in [1.29, 1.82) is 0 Å². The molecule has 6 aliphatic rings. The van der Waals surface area contributed by atoms with E-state index in [-0.39, 0.29) is 16.2 Å². The van der Waals surface area contributed by atoms with Crippen LogP contribution in [0.4, 0.5) is 0 Å². The molecule has 0 atom stereocenters. The Labute approximate surface area is 799 Å². The Kier molecular flexibility index (Phi) is 15.8. The van der Waals surface area contributed by atoms with Crippen molar-refractivity contribution in [1.82, 2.24) is 13.7 Å². The maximum atomic E-state index is 2.54. The quantitative estimate of drug-likeness (QED) is 0.163. The third-order valence-electron chi connectivity index (χ3n) is 32.8. The van der Waals surface area contributed by atoms with Crippen molar-refractivity contribution in [3.63, 3.8) is 0 Å². The van der Waals surface area contributed by atoms with E-state index in [4.69, 9.17) is 0 Å². The molecule has 0 bridgehead atoms. The average molecular weight is 1750 g/mol. The van der Waals surface area contributed by atoms with E-state index in [1.165, 1.54) is 303 Å². The first-order valence-electron chi connectivity index (χ1n) is 48.8. The minimum absolute atomic E-state index is 0.0487. The molecule has 3 heterocycles. The van der Waals surface area contributed by atoms with E-state index < -0.39 is 0 Å². The summed E-state index contributed by atoms with van der Waals surface area (Å²) < 4.78 is 7.53. The standard InChI is InChI=1S/2C47H31N.C41H27N/c1-47(2)41-20-8-7-17-35(41)39-27-44-40(26-42(39)47)46-32-14-4-3-11-28(32)21-24-43(46)48(44)30-13-9-12-29(25-30)31-22-23-38-34-16-6-5-15-33(34)37-19-10-18-36(31)45(37)38;1-47(2)41-17-8-7-14-35(41)39-27-44-40(26-42(39)47)46-32-11-4-3-10-28(32)20-25-43(46)48(44)30-21-18-29(19-22-30)31-23-24-38-34-13-6-5-12-33(34)37-16-9-15-36(31)45(37)38;1-41(2)34-17-8-7-14-28(34)32-23-38-33(22-35(32)41)40-25-11-4-3-10-24(25)18-20-37(40)42(38)36-21-19-30-27-13-6-5-12-26(27)29-15-9-16-31(36)39(29)30/h2*3-27H,1-2H3;3-23H,1-2H3. The predicted molar refractivity (Wildman–Crippen MR) is 584 cm³/mol.